The molecule has 8 heteroatoms. The summed E-state index contributed by atoms with van der Waals surface area (Å²) < 4.78 is 5.34. The normalized spacial score (nSPS) is 15.0. The number of hydrogen-bond acceptors (Lipinski definition) is 7. The van der Waals surface area contributed by atoms with Crippen LogP contribution in [0, 0.1) is 21.4 Å². The number of anilines is 1. The van der Waals surface area contributed by atoms with Crippen LogP contribution < -0.4 is 4.90 Å². The Morgan fingerprint density at radius 2 is 2.16 bits per heavy atom. The van der Waals surface area contributed by atoms with Gasteiger partial charge in [0.25, 0.3) is 5.69 Å². The number of fused-ring (bicyclic) bond motifs is 1. The molecule has 1 aromatic heterocycles. The van der Waals surface area contributed by atoms with Crippen LogP contribution >= 0.6 is 0 Å². The molecule has 0 bridgehead atoms. The number of nitro benzene ring substituents is 1. The Kier molecular flexibility index (Phi) is 5.07. The van der Waals surface area contributed by atoms with Crippen molar-refractivity contribution in [3.8, 4) is 6.07 Å². The summed E-state index contributed by atoms with van der Waals surface area (Å²) in [4.78, 5) is 19.3. The molecular weight excluding hydrogens is 322 g/mol. The highest BCUT2D eigenvalue weighted by atomic mass is 16.6. The van der Waals surface area contributed by atoms with E-state index in [0.717, 1.165) is 39.4 Å². The molecule has 0 unspecified atom stereocenters. The van der Waals surface area contributed by atoms with Crippen molar-refractivity contribution >= 4 is 22.4 Å². The SMILES string of the molecule is CN(CCN1CCOCC1)c1cc(C#N)c2cc([N+](=O)[O-])ccc2n1. The van der Waals surface area contributed by atoms with Gasteiger partial charge >= 0.3 is 0 Å². The van der Waals surface area contributed by atoms with Crippen molar-refractivity contribution in [2.75, 3.05) is 51.3 Å². The van der Waals surface area contributed by atoms with E-state index in [1.807, 2.05) is 11.9 Å². The number of morpholine rings is 1. The van der Waals surface area contributed by atoms with Crippen molar-refractivity contribution in [2.24, 2.45) is 0 Å². The summed E-state index contributed by atoms with van der Waals surface area (Å²) in [6.45, 7) is 5.03. The van der Waals surface area contributed by atoms with Gasteiger partial charge in [-0.2, -0.15) is 5.26 Å². The van der Waals surface area contributed by atoms with Crippen LogP contribution in [0.3, 0.4) is 0 Å². The number of nitrogens with zero attached hydrogens (tertiary/aromatic N) is 5. The molecule has 0 spiro atoms. The number of benzene rings is 1. The third kappa shape index (κ3) is 3.84. The maximum atomic E-state index is 10.9. The van der Waals surface area contributed by atoms with Gasteiger partial charge in [-0.05, 0) is 12.1 Å². The molecule has 1 aliphatic heterocycles. The van der Waals surface area contributed by atoms with Crippen LogP contribution in [-0.4, -0.2) is 61.2 Å². The molecule has 0 aliphatic carbocycles. The molecule has 0 radical (unpaired) electrons. The number of hydrogen-bond donors (Lipinski definition) is 0. The summed E-state index contributed by atoms with van der Waals surface area (Å²) >= 11 is 0. The van der Waals surface area contributed by atoms with Crippen molar-refractivity contribution in [3.63, 3.8) is 0 Å². The quantitative estimate of drug-likeness (QED) is 0.604. The molecule has 2 aromatic rings. The first-order valence-corrected chi connectivity index (χ1v) is 8.09. The predicted molar refractivity (Wildman–Crippen MR) is 93.6 cm³/mol. The smallest absolute Gasteiger partial charge is 0.270 e. The third-order valence-corrected chi connectivity index (χ3v) is 4.36. The first kappa shape index (κ1) is 17.1. The molecule has 1 aliphatic rings. The molecule has 1 fully saturated rings. The number of ether oxygens (including phenoxy) is 1. The molecule has 2 heterocycles. The van der Waals surface area contributed by atoms with Gasteiger partial charge in [0, 0.05) is 50.7 Å². The number of nitriles is 1. The molecule has 0 N–H and O–H groups in total. The fourth-order valence-electron chi connectivity index (χ4n) is 2.83. The van der Waals surface area contributed by atoms with Crippen LogP contribution in [0.25, 0.3) is 10.9 Å². The highest BCUT2D eigenvalue weighted by Gasteiger charge is 2.15. The second-order valence-electron chi connectivity index (χ2n) is 5.97. The van der Waals surface area contributed by atoms with Gasteiger partial charge in [-0.15, -0.1) is 0 Å². The van der Waals surface area contributed by atoms with E-state index in [4.69, 9.17) is 4.74 Å². The van der Waals surface area contributed by atoms with Gasteiger partial charge < -0.3 is 9.64 Å². The van der Waals surface area contributed by atoms with E-state index in [0.29, 0.717) is 22.3 Å². The lowest BCUT2D eigenvalue weighted by Crippen LogP contribution is -2.40. The molecular formula is C17H19N5O3. The molecule has 0 amide bonds. The van der Waals surface area contributed by atoms with E-state index in [1.165, 1.54) is 12.1 Å². The summed E-state index contributed by atoms with van der Waals surface area (Å²) in [6, 6.07) is 8.21. The lowest BCUT2D eigenvalue weighted by Gasteiger charge is -2.29. The number of rotatable bonds is 5. The second kappa shape index (κ2) is 7.42. The first-order chi connectivity index (χ1) is 12.1. The largest absolute Gasteiger partial charge is 0.379 e. The topological polar surface area (TPSA) is 95.5 Å². The van der Waals surface area contributed by atoms with E-state index in [1.54, 1.807) is 12.1 Å². The van der Waals surface area contributed by atoms with Crippen LogP contribution in [0.4, 0.5) is 11.5 Å². The summed E-state index contributed by atoms with van der Waals surface area (Å²) in [5, 5.41) is 20.9. The van der Waals surface area contributed by atoms with Gasteiger partial charge in [-0.1, -0.05) is 0 Å². The summed E-state index contributed by atoms with van der Waals surface area (Å²) in [6.07, 6.45) is 0. The number of likely N-dealkylation sites (N-methyl/N-ethyl adjacent to an activating group) is 1. The average Bonchev–Trinajstić information content (AvgIpc) is 2.65. The average molecular weight is 341 g/mol. The van der Waals surface area contributed by atoms with E-state index in [-0.39, 0.29) is 5.69 Å². The van der Waals surface area contributed by atoms with E-state index < -0.39 is 4.92 Å². The Morgan fingerprint density at radius 3 is 2.84 bits per heavy atom. The summed E-state index contributed by atoms with van der Waals surface area (Å²) in [5.41, 5.74) is 0.930. The molecule has 1 aromatic carbocycles. The molecule has 25 heavy (non-hydrogen) atoms. The van der Waals surface area contributed by atoms with Crippen molar-refractivity contribution in [1.29, 1.82) is 5.26 Å². The van der Waals surface area contributed by atoms with Crippen molar-refractivity contribution < 1.29 is 9.66 Å². The van der Waals surface area contributed by atoms with Crippen LogP contribution in [0.1, 0.15) is 5.56 Å². The number of nitro groups is 1. The Balaban J connectivity index is 1.82. The number of aromatic nitrogens is 1. The van der Waals surface area contributed by atoms with Crippen molar-refractivity contribution in [2.45, 2.75) is 0 Å². The summed E-state index contributed by atoms with van der Waals surface area (Å²) in [7, 11) is 1.93. The predicted octanol–water partition coefficient (Wildman–Crippen LogP) is 1.78. The number of pyridine rings is 1. The number of non-ortho nitro benzene ring substituents is 1. The zero-order valence-electron chi connectivity index (χ0n) is 14.0. The van der Waals surface area contributed by atoms with Crippen molar-refractivity contribution in [1.82, 2.24) is 9.88 Å². The molecule has 1 saturated heterocycles. The first-order valence-electron chi connectivity index (χ1n) is 8.09. The Morgan fingerprint density at radius 1 is 1.40 bits per heavy atom. The minimum absolute atomic E-state index is 0.0424. The third-order valence-electron chi connectivity index (χ3n) is 4.36. The van der Waals surface area contributed by atoms with Gasteiger partial charge in [0.15, 0.2) is 0 Å². The second-order valence-corrected chi connectivity index (χ2v) is 5.97. The zero-order valence-corrected chi connectivity index (χ0v) is 14.0. The van der Waals surface area contributed by atoms with Gasteiger partial charge in [-0.3, -0.25) is 15.0 Å². The standard InChI is InChI=1S/C17H19N5O3/c1-20(4-5-21-6-8-25-9-7-21)17-10-13(12-18)15-11-14(22(23)24)2-3-16(15)19-17/h2-3,10-11H,4-9H2,1H3. The van der Waals surface area contributed by atoms with E-state index in [2.05, 4.69) is 16.0 Å². The lowest BCUT2D eigenvalue weighted by atomic mass is 10.1. The maximum absolute atomic E-state index is 10.9. The van der Waals surface area contributed by atoms with Gasteiger partial charge in [0.2, 0.25) is 0 Å². The van der Waals surface area contributed by atoms with E-state index in [9.17, 15) is 15.4 Å². The molecule has 3 rings (SSSR count). The maximum Gasteiger partial charge on any atom is 0.270 e. The monoisotopic (exact) mass is 341 g/mol. The van der Waals surface area contributed by atoms with Crippen LogP contribution in [-0.2, 0) is 4.74 Å². The molecule has 8 nitrogen and oxygen atoms in total. The minimum atomic E-state index is -0.469. The van der Waals surface area contributed by atoms with Crippen LogP contribution in [0.15, 0.2) is 24.3 Å². The van der Waals surface area contributed by atoms with Gasteiger partial charge in [0.05, 0.1) is 35.3 Å². The Hall–Kier alpha value is -2.76. The highest BCUT2D eigenvalue weighted by molar-refractivity contribution is 5.88. The zero-order chi connectivity index (χ0) is 17.8. The Labute approximate surface area is 145 Å². The van der Waals surface area contributed by atoms with Gasteiger partial charge in [-0.25, -0.2) is 4.98 Å². The fourth-order valence-corrected chi connectivity index (χ4v) is 2.83. The van der Waals surface area contributed by atoms with Crippen LogP contribution in [0.2, 0.25) is 0 Å². The fraction of sp³-hybridized carbons (Fsp3) is 0.412. The molecule has 130 valence electrons. The Bertz CT molecular complexity index is 827. The van der Waals surface area contributed by atoms with Crippen molar-refractivity contribution in [3.05, 3.63) is 39.9 Å². The summed E-state index contributed by atoms with van der Waals surface area (Å²) in [5.74, 6) is 0.686. The molecule has 0 atom stereocenters. The van der Waals surface area contributed by atoms with E-state index >= 15 is 0 Å². The highest BCUT2D eigenvalue weighted by Crippen LogP contribution is 2.26. The van der Waals surface area contributed by atoms with Crippen LogP contribution in [0.5, 0.6) is 0 Å². The lowest BCUT2D eigenvalue weighted by molar-refractivity contribution is -0.384. The minimum Gasteiger partial charge on any atom is -0.379 e. The van der Waals surface area contributed by atoms with Gasteiger partial charge in [0.1, 0.15) is 5.82 Å². The molecule has 0 saturated carbocycles.